The summed E-state index contributed by atoms with van der Waals surface area (Å²) in [5.74, 6) is 0. The lowest BCUT2D eigenvalue weighted by Crippen LogP contribution is -2.17. The fourth-order valence-electron chi connectivity index (χ4n) is 1.12. The highest BCUT2D eigenvalue weighted by molar-refractivity contribution is 6.48. The molecule has 0 amide bonds. The molecular formula is C9H10Cl3NO. The molecule has 1 unspecified atom stereocenters. The molecular weight excluding hydrogens is 244 g/mol. The summed E-state index contributed by atoms with van der Waals surface area (Å²) in [6.07, 6.45) is 0. The van der Waals surface area contributed by atoms with Crippen molar-refractivity contribution in [2.24, 2.45) is 0 Å². The molecule has 0 aliphatic carbocycles. The summed E-state index contributed by atoms with van der Waals surface area (Å²) < 4.78 is 0. The molecule has 0 aromatic heterocycles. The van der Waals surface area contributed by atoms with E-state index in [0.29, 0.717) is 15.1 Å². The minimum absolute atomic E-state index is 0.0396. The quantitative estimate of drug-likeness (QED) is 0.653. The highest BCUT2D eigenvalue weighted by Gasteiger charge is 2.13. The van der Waals surface area contributed by atoms with Gasteiger partial charge >= 0.3 is 0 Å². The summed E-state index contributed by atoms with van der Waals surface area (Å²) in [6, 6.07) is 3.48. The number of hydroxylamine groups is 1. The maximum atomic E-state index is 6.02. The van der Waals surface area contributed by atoms with Gasteiger partial charge in [-0.2, -0.15) is 5.48 Å². The van der Waals surface area contributed by atoms with Crippen LogP contribution in [0.2, 0.25) is 15.1 Å². The summed E-state index contributed by atoms with van der Waals surface area (Å²) in [7, 11) is 1.54. The molecule has 0 radical (unpaired) electrons. The maximum absolute atomic E-state index is 6.02. The number of halogens is 3. The molecule has 0 bridgehead atoms. The lowest BCUT2D eigenvalue weighted by Gasteiger charge is -2.14. The summed E-state index contributed by atoms with van der Waals surface area (Å²) in [5, 5.41) is 1.27. The second kappa shape index (κ2) is 5.19. The van der Waals surface area contributed by atoms with E-state index in [4.69, 9.17) is 39.6 Å². The molecule has 1 N–H and O–H groups in total. The van der Waals surface area contributed by atoms with Gasteiger partial charge in [0.1, 0.15) is 0 Å². The minimum Gasteiger partial charge on any atom is -0.305 e. The first kappa shape index (κ1) is 12.1. The molecule has 78 valence electrons. The van der Waals surface area contributed by atoms with E-state index in [1.165, 1.54) is 0 Å². The van der Waals surface area contributed by atoms with Crippen LogP contribution in [0.3, 0.4) is 0 Å². The summed E-state index contributed by atoms with van der Waals surface area (Å²) in [4.78, 5) is 4.80. The lowest BCUT2D eigenvalue weighted by atomic mass is 10.1. The van der Waals surface area contributed by atoms with Gasteiger partial charge in [-0.1, -0.05) is 40.9 Å². The van der Waals surface area contributed by atoms with Crippen LogP contribution in [0.1, 0.15) is 18.5 Å². The molecule has 1 aromatic carbocycles. The molecule has 0 heterocycles. The van der Waals surface area contributed by atoms with Gasteiger partial charge in [0.25, 0.3) is 0 Å². The smallest absolute Gasteiger partial charge is 0.0781 e. The Morgan fingerprint density at radius 2 is 1.86 bits per heavy atom. The Hall–Kier alpha value is 0.01000. The van der Waals surface area contributed by atoms with Crippen molar-refractivity contribution in [1.82, 2.24) is 5.48 Å². The first-order valence-electron chi connectivity index (χ1n) is 3.99. The van der Waals surface area contributed by atoms with E-state index >= 15 is 0 Å². The standard InChI is InChI=1S/C9H10Cl3NO/c1-5(13-14-2)6-3-4-7(10)9(12)8(6)11/h3-5,13H,1-2H3. The van der Waals surface area contributed by atoms with Gasteiger partial charge in [0.15, 0.2) is 0 Å². The largest absolute Gasteiger partial charge is 0.305 e. The molecule has 0 aliphatic heterocycles. The average Bonchev–Trinajstić information content (AvgIpc) is 2.15. The summed E-state index contributed by atoms with van der Waals surface area (Å²) >= 11 is 17.7. The molecule has 1 atom stereocenters. The predicted molar refractivity (Wildman–Crippen MR) is 60.0 cm³/mol. The van der Waals surface area contributed by atoms with Crippen LogP contribution >= 0.6 is 34.8 Å². The van der Waals surface area contributed by atoms with Crippen molar-refractivity contribution >= 4 is 34.8 Å². The second-order valence-corrected chi connectivity index (χ2v) is 3.97. The zero-order chi connectivity index (χ0) is 10.7. The van der Waals surface area contributed by atoms with Crippen LogP contribution in [0.4, 0.5) is 0 Å². The third kappa shape index (κ3) is 2.53. The zero-order valence-corrected chi connectivity index (χ0v) is 10.0. The summed E-state index contributed by atoms with van der Waals surface area (Å²) in [5.41, 5.74) is 3.61. The van der Waals surface area contributed by atoms with Crippen molar-refractivity contribution in [2.75, 3.05) is 7.11 Å². The van der Waals surface area contributed by atoms with Crippen LogP contribution in [0.15, 0.2) is 12.1 Å². The molecule has 1 aromatic rings. The van der Waals surface area contributed by atoms with Crippen LogP contribution in [0.25, 0.3) is 0 Å². The molecule has 1 rings (SSSR count). The molecule has 0 spiro atoms. The first-order chi connectivity index (χ1) is 6.57. The lowest BCUT2D eigenvalue weighted by molar-refractivity contribution is 0.0659. The molecule has 0 fully saturated rings. The van der Waals surface area contributed by atoms with Crippen LogP contribution in [0.5, 0.6) is 0 Å². The monoisotopic (exact) mass is 253 g/mol. The van der Waals surface area contributed by atoms with Gasteiger partial charge in [-0.3, -0.25) is 0 Å². The number of rotatable bonds is 3. The van der Waals surface area contributed by atoms with Gasteiger partial charge < -0.3 is 4.84 Å². The number of nitrogens with one attached hydrogen (secondary N) is 1. The van der Waals surface area contributed by atoms with Gasteiger partial charge in [-0.05, 0) is 18.6 Å². The van der Waals surface area contributed by atoms with Crippen molar-refractivity contribution in [3.8, 4) is 0 Å². The Kier molecular flexibility index (Phi) is 4.48. The van der Waals surface area contributed by atoms with E-state index in [9.17, 15) is 0 Å². The van der Waals surface area contributed by atoms with Crippen LogP contribution < -0.4 is 5.48 Å². The summed E-state index contributed by atoms with van der Waals surface area (Å²) in [6.45, 7) is 1.91. The highest BCUT2D eigenvalue weighted by Crippen LogP contribution is 2.35. The van der Waals surface area contributed by atoms with Gasteiger partial charge in [0.05, 0.1) is 28.2 Å². The Morgan fingerprint density at radius 1 is 1.21 bits per heavy atom. The number of hydrogen-bond donors (Lipinski definition) is 1. The Labute approximate surface area is 98.1 Å². The third-order valence-electron chi connectivity index (χ3n) is 1.83. The first-order valence-corrected chi connectivity index (χ1v) is 5.13. The highest BCUT2D eigenvalue weighted by atomic mass is 35.5. The van der Waals surface area contributed by atoms with Gasteiger partial charge in [0, 0.05) is 0 Å². The van der Waals surface area contributed by atoms with Gasteiger partial charge in [-0.25, -0.2) is 0 Å². The minimum atomic E-state index is -0.0396. The Morgan fingerprint density at radius 3 is 2.43 bits per heavy atom. The predicted octanol–water partition coefficient (Wildman–Crippen LogP) is 3.86. The average molecular weight is 255 g/mol. The fraction of sp³-hybridized carbons (Fsp3) is 0.333. The third-order valence-corrected chi connectivity index (χ3v) is 3.13. The van der Waals surface area contributed by atoms with Crippen molar-refractivity contribution in [2.45, 2.75) is 13.0 Å². The van der Waals surface area contributed by atoms with E-state index in [-0.39, 0.29) is 6.04 Å². The normalized spacial score (nSPS) is 12.9. The van der Waals surface area contributed by atoms with E-state index < -0.39 is 0 Å². The van der Waals surface area contributed by atoms with Crippen molar-refractivity contribution < 1.29 is 4.84 Å². The molecule has 0 saturated carbocycles. The van der Waals surface area contributed by atoms with Crippen LogP contribution in [-0.4, -0.2) is 7.11 Å². The van der Waals surface area contributed by atoms with Gasteiger partial charge in [-0.15, -0.1) is 0 Å². The molecule has 0 saturated heterocycles. The fourth-order valence-corrected chi connectivity index (χ4v) is 1.82. The second-order valence-electron chi connectivity index (χ2n) is 2.81. The van der Waals surface area contributed by atoms with Crippen LogP contribution in [0, 0.1) is 0 Å². The van der Waals surface area contributed by atoms with Gasteiger partial charge in [0.2, 0.25) is 0 Å². The van der Waals surface area contributed by atoms with Crippen molar-refractivity contribution in [3.63, 3.8) is 0 Å². The van der Waals surface area contributed by atoms with Crippen molar-refractivity contribution in [1.29, 1.82) is 0 Å². The topological polar surface area (TPSA) is 21.3 Å². The van der Waals surface area contributed by atoms with Crippen LogP contribution in [-0.2, 0) is 4.84 Å². The van der Waals surface area contributed by atoms with E-state index in [0.717, 1.165) is 5.56 Å². The molecule has 14 heavy (non-hydrogen) atoms. The number of hydrogen-bond acceptors (Lipinski definition) is 2. The Bertz CT molecular complexity index is 330. The molecule has 0 aliphatic rings. The maximum Gasteiger partial charge on any atom is 0.0781 e. The number of benzene rings is 1. The van der Waals surface area contributed by atoms with E-state index in [1.54, 1.807) is 13.2 Å². The van der Waals surface area contributed by atoms with E-state index in [1.807, 2.05) is 13.0 Å². The Balaban J connectivity index is 3.04. The molecule has 5 heteroatoms. The van der Waals surface area contributed by atoms with Crippen molar-refractivity contribution in [3.05, 3.63) is 32.8 Å². The zero-order valence-electron chi connectivity index (χ0n) is 7.77. The SMILES string of the molecule is CONC(C)c1ccc(Cl)c(Cl)c1Cl. The molecule has 2 nitrogen and oxygen atoms in total. The van der Waals surface area contributed by atoms with E-state index in [2.05, 4.69) is 5.48 Å².